The van der Waals surface area contributed by atoms with E-state index in [-0.39, 0.29) is 5.91 Å². The molecular weight excluding hydrogens is 222 g/mol. The minimum atomic E-state index is 0.116. The number of piperazine rings is 1. The average Bonchev–Trinajstić information content (AvgIpc) is 2.62. The van der Waals surface area contributed by atoms with Crippen molar-refractivity contribution in [1.82, 2.24) is 15.2 Å². The third-order valence-corrected chi connectivity index (χ3v) is 3.58. The lowest BCUT2D eigenvalue weighted by Gasteiger charge is -2.35. The Hall–Kier alpha value is -0.940. The predicted molar refractivity (Wildman–Crippen MR) is 64.8 cm³/mol. The van der Waals surface area contributed by atoms with Gasteiger partial charge in [0.1, 0.15) is 4.88 Å². The van der Waals surface area contributed by atoms with Crippen LogP contribution in [0.3, 0.4) is 0 Å². The van der Waals surface area contributed by atoms with E-state index >= 15 is 0 Å². The Balaban J connectivity index is 2.09. The molecule has 0 radical (unpaired) electrons. The third-order valence-electron chi connectivity index (χ3n) is 2.68. The highest BCUT2D eigenvalue weighted by atomic mass is 32.1. The first kappa shape index (κ1) is 11.5. The van der Waals surface area contributed by atoms with E-state index < -0.39 is 0 Å². The lowest BCUT2D eigenvalue weighted by Crippen LogP contribution is -2.55. The molecule has 5 heteroatoms. The van der Waals surface area contributed by atoms with Gasteiger partial charge in [0.15, 0.2) is 0 Å². The summed E-state index contributed by atoms with van der Waals surface area (Å²) in [6.07, 6.45) is 1.68. The van der Waals surface area contributed by atoms with Crippen LogP contribution in [-0.2, 0) is 0 Å². The maximum Gasteiger partial charge on any atom is 0.265 e. The molecule has 1 aliphatic rings. The van der Waals surface area contributed by atoms with Crippen LogP contribution in [0.4, 0.5) is 0 Å². The van der Waals surface area contributed by atoms with E-state index in [1.54, 1.807) is 6.20 Å². The molecule has 2 atom stereocenters. The number of carbonyl (C=O) groups excluding carboxylic acids is 1. The number of hydrogen-bond donors (Lipinski definition) is 1. The van der Waals surface area contributed by atoms with Crippen LogP contribution in [0.25, 0.3) is 0 Å². The van der Waals surface area contributed by atoms with Crippen molar-refractivity contribution in [3.8, 4) is 0 Å². The summed E-state index contributed by atoms with van der Waals surface area (Å²) in [4.78, 5) is 19.0. The highest BCUT2D eigenvalue weighted by molar-refractivity contribution is 7.13. The molecule has 0 aliphatic carbocycles. The summed E-state index contributed by atoms with van der Waals surface area (Å²) in [5.41, 5.74) is 0. The highest BCUT2D eigenvalue weighted by Gasteiger charge is 2.26. The Bertz CT molecular complexity index is 380. The van der Waals surface area contributed by atoms with Gasteiger partial charge in [-0.25, -0.2) is 4.98 Å². The molecule has 4 nitrogen and oxygen atoms in total. The number of rotatable bonds is 1. The Morgan fingerprint density at radius 2 is 2.12 bits per heavy atom. The summed E-state index contributed by atoms with van der Waals surface area (Å²) >= 11 is 1.47. The summed E-state index contributed by atoms with van der Waals surface area (Å²) in [6, 6.07) is 0.725. The second-order valence-corrected chi connectivity index (χ2v) is 5.66. The van der Waals surface area contributed by atoms with Gasteiger partial charge in [0.2, 0.25) is 0 Å². The van der Waals surface area contributed by atoms with Crippen LogP contribution in [0.5, 0.6) is 0 Å². The SMILES string of the molecule is Cc1ncc(C(=O)N2CC(C)NC(C)C2)s1. The van der Waals surface area contributed by atoms with Crippen LogP contribution in [0.2, 0.25) is 0 Å². The van der Waals surface area contributed by atoms with Crippen molar-refractivity contribution in [3.63, 3.8) is 0 Å². The Morgan fingerprint density at radius 1 is 1.50 bits per heavy atom. The summed E-state index contributed by atoms with van der Waals surface area (Å²) in [5.74, 6) is 0.116. The zero-order chi connectivity index (χ0) is 11.7. The van der Waals surface area contributed by atoms with E-state index in [9.17, 15) is 4.79 Å². The van der Waals surface area contributed by atoms with Gasteiger partial charge < -0.3 is 10.2 Å². The number of amides is 1. The van der Waals surface area contributed by atoms with Crippen molar-refractivity contribution in [2.75, 3.05) is 13.1 Å². The van der Waals surface area contributed by atoms with Crippen LogP contribution < -0.4 is 5.32 Å². The van der Waals surface area contributed by atoms with Gasteiger partial charge in [-0.1, -0.05) is 0 Å². The average molecular weight is 239 g/mol. The molecule has 1 N–H and O–H groups in total. The lowest BCUT2D eigenvalue weighted by atomic mass is 10.1. The molecule has 0 aromatic carbocycles. The second kappa shape index (κ2) is 4.51. The van der Waals surface area contributed by atoms with Crippen molar-refractivity contribution in [2.24, 2.45) is 0 Å². The van der Waals surface area contributed by atoms with Crippen LogP contribution in [0.15, 0.2) is 6.20 Å². The zero-order valence-corrected chi connectivity index (χ0v) is 10.7. The van der Waals surface area contributed by atoms with Crippen LogP contribution in [0, 0.1) is 6.92 Å². The molecule has 88 valence electrons. The maximum absolute atomic E-state index is 12.2. The van der Waals surface area contributed by atoms with E-state index in [2.05, 4.69) is 24.1 Å². The molecule has 1 fully saturated rings. The maximum atomic E-state index is 12.2. The smallest absolute Gasteiger partial charge is 0.265 e. The summed E-state index contributed by atoms with van der Waals surface area (Å²) < 4.78 is 0. The zero-order valence-electron chi connectivity index (χ0n) is 9.86. The number of carbonyl (C=O) groups is 1. The number of nitrogens with zero attached hydrogens (tertiary/aromatic N) is 2. The van der Waals surface area contributed by atoms with Gasteiger partial charge >= 0.3 is 0 Å². The molecule has 1 aromatic heterocycles. The normalized spacial score (nSPS) is 25.8. The van der Waals surface area contributed by atoms with E-state index in [4.69, 9.17) is 0 Å². The molecule has 16 heavy (non-hydrogen) atoms. The molecular formula is C11H17N3OS. The number of thiazole rings is 1. The molecule has 0 spiro atoms. The molecule has 2 unspecified atom stereocenters. The third kappa shape index (κ3) is 2.41. The van der Waals surface area contributed by atoms with Crippen LogP contribution in [-0.4, -0.2) is 41.0 Å². The Labute approximate surface area is 99.7 Å². The highest BCUT2D eigenvalue weighted by Crippen LogP contribution is 2.16. The van der Waals surface area contributed by atoms with Gasteiger partial charge in [0.25, 0.3) is 5.91 Å². The van der Waals surface area contributed by atoms with Gasteiger partial charge in [-0.2, -0.15) is 0 Å². The fourth-order valence-corrected chi connectivity index (χ4v) is 2.85. The number of aryl methyl sites for hydroxylation is 1. The molecule has 0 saturated carbocycles. The minimum Gasteiger partial charge on any atom is -0.335 e. The van der Waals surface area contributed by atoms with E-state index in [1.165, 1.54) is 11.3 Å². The largest absolute Gasteiger partial charge is 0.335 e. The topological polar surface area (TPSA) is 45.2 Å². The molecule has 2 rings (SSSR count). The van der Waals surface area contributed by atoms with E-state index in [0.29, 0.717) is 12.1 Å². The van der Waals surface area contributed by atoms with Crippen LogP contribution in [0.1, 0.15) is 28.5 Å². The molecule has 1 aliphatic heterocycles. The first-order chi connectivity index (χ1) is 7.56. The van der Waals surface area contributed by atoms with Gasteiger partial charge in [-0.15, -0.1) is 11.3 Å². The number of aromatic nitrogens is 1. The Morgan fingerprint density at radius 3 is 2.62 bits per heavy atom. The van der Waals surface area contributed by atoms with Gasteiger partial charge in [-0.3, -0.25) is 4.79 Å². The van der Waals surface area contributed by atoms with E-state index in [1.807, 2.05) is 11.8 Å². The minimum absolute atomic E-state index is 0.116. The van der Waals surface area contributed by atoms with Crippen molar-refractivity contribution >= 4 is 17.2 Å². The van der Waals surface area contributed by atoms with Gasteiger partial charge in [0, 0.05) is 25.2 Å². The van der Waals surface area contributed by atoms with E-state index in [0.717, 1.165) is 23.0 Å². The standard InChI is InChI=1S/C11H17N3OS/c1-7-5-14(6-8(2)13-7)11(15)10-4-12-9(3)16-10/h4,7-8,13H,5-6H2,1-3H3. The summed E-state index contributed by atoms with van der Waals surface area (Å²) in [6.45, 7) is 7.69. The first-order valence-corrected chi connectivity index (χ1v) is 6.35. The van der Waals surface area contributed by atoms with Gasteiger partial charge in [-0.05, 0) is 20.8 Å². The number of nitrogens with one attached hydrogen (secondary N) is 1. The van der Waals surface area contributed by atoms with Crippen molar-refractivity contribution in [2.45, 2.75) is 32.9 Å². The van der Waals surface area contributed by atoms with Crippen LogP contribution >= 0.6 is 11.3 Å². The van der Waals surface area contributed by atoms with Crippen molar-refractivity contribution in [3.05, 3.63) is 16.1 Å². The first-order valence-electron chi connectivity index (χ1n) is 5.54. The fraction of sp³-hybridized carbons (Fsp3) is 0.636. The number of hydrogen-bond acceptors (Lipinski definition) is 4. The fourth-order valence-electron chi connectivity index (χ4n) is 2.11. The summed E-state index contributed by atoms with van der Waals surface area (Å²) in [5, 5.41) is 4.36. The molecule has 0 bridgehead atoms. The predicted octanol–water partition coefficient (Wildman–Crippen LogP) is 1.27. The second-order valence-electron chi connectivity index (χ2n) is 4.42. The molecule has 1 amide bonds. The van der Waals surface area contributed by atoms with Gasteiger partial charge in [0.05, 0.1) is 11.2 Å². The van der Waals surface area contributed by atoms with Crippen molar-refractivity contribution in [1.29, 1.82) is 0 Å². The molecule has 1 aromatic rings. The lowest BCUT2D eigenvalue weighted by molar-refractivity contribution is 0.0678. The van der Waals surface area contributed by atoms with Crippen molar-refractivity contribution < 1.29 is 4.79 Å². The monoisotopic (exact) mass is 239 g/mol. The molecule has 1 saturated heterocycles. The Kier molecular flexibility index (Phi) is 3.25. The quantitative estimate of drug-likeness (QED) is 0.803. The summed E-state index contributed by atoms with van der Waals surface area (Å²) in [7, 11) is 0. The molecule has 2 heterocycles.